The van der Waals surface area contributed by atoms with E-state index in [1.807, 2.05) is 13.8 Å². The summed E-state index contributed by atoms with van der Waals surface area (Å²) < 4.78 is 10.2. The summed E-state index contributed by atoms with van der Waals surface area (Å²) in [6, 6.07) is 8.38. The number of methoxy groups -OCH3 is 2. The molecule has 3 aromatic heterocycles. The Hall–Kier alpha value is -4.46. The van der Waals surface area contributed by atoms with E-state index in [9.17, 15) is 9.59 Å². The van der Waals surface area contributed by atoms with E-state index >= 15 is 0 Å². The Labute approximate surface area is 284 Å². The summed E-state index contributed by atoms with van der Waals surface area (Å²) in [7, 11) is 2.85. The number of carbonyl (C=O) groups excluding carboxylic acids is 2. The van der Waals surface area contributed by atoms with Gasteiger partial charge in [0, 0.05) is 22.1 Å². The second kappa shape index (κ2) is 15.2. The Morgan fingerprint density at radius 1 is 0.583 bits per heavy atom. The van der Waals surface area contributed by atoms with Crippen molar-refractivity contribution in [3.63, 3.8) is 0 Å². The average molecular weight is 651 g/mol. The van der Waals surface area contributed by atoms with Crippen molar-refractivity contribution in [2.75, 3.05) is 14.2 Å². The van der Waals surface area contributed by atoms with Crippen LogP contribution < -0.4 is 0 Å². The first kappa shape index (κ1) is 34.9. The fraction of sp³-hybridized carbons (Fsp3) is 0.450. The van der Waals surface area contributed by atoms with Crippen LogP contribution >= 0.6 is 0 Å². The lowest BCUT2D eigenvalue weighted by molar-refractivity contribution is -0.140. The molecule has 2 N–H and O–H groups in total. The number of unbranched alkanes of at least 4 members (excludes halogenated alkanes) is 4. The van der Waals surface area contributed by atoms with Crippen molar-refractivity contribution >= 4 is 56.3 Å². The van der Waals surface area contributed by atoms with E-state index in [4.69, 9.17) is 19.4 Å². The molecule has 5 heterocycles. The molecular formula is C40H50N4O4. The highest BCUT2D eigenvalue weighted by atomic mass is 16.5. The maximum atomic E-state index is 12.6. The highest BCUT2D eigenvalue weighted by Crippen LogP contribution is 2.37. The van der Waals surface area contributed by atoms with Gasteiger partial charge in [0.2, 0.25) is 0 Å². The van der Waals surface area contributed by atoms with Crippen LogP contribution in [0.5, 0.6) is 0 Å². The van der Waals surface area contributed by atoms with Crippen molar-refractivity contribution in [2.45, 2.75) is 106 Å². The van der Waals surface area contributed by atoms with Gasteiger partial charge in [0.25, 0.3) is 0 Å². The van der Waals surface area contributed by atoms with Gasteiger partial charge in [-0.1, -0.05) is 39.5 Å². The predicted molar refractivity (Wildman–Crippen MR) is 195 cm³/mol. The monoisotopic (exact) mass is 650 g/mol. The van der Waals surface area contributed by atoms with Crippen LogP contribution in [0.4, 0.5) is 0 Å². The van der Waals surface area contributed by atoms with Gasteiger partial charge in [-0.25, -0.2) is 9.97 Å². The molecular weight excluding hydrogens is 600 g/mol. The fourth-order valence-corrected chi connectivity index (χ4v) is 6.84. The number of aromatic nitrogens is 4. The third-order valence-electron chi connectivity index (χ3n) is 9.96. The standard InChI is InChI=1S/C40H50N4O4/c1-9-11-13-15-27-23(3)31-21-37-30(18-40(46)48-8)26(6)34(44-37)20-36-28(16-14-12-10-2)24(4)32(42-36)22-38-29(17-39(45)47-7)25(5)33(43-38)19-35(27)41-31/h19-22,41-42H,9-18H2,1-8H3. The van der Waals surface area contributed by atoms with E-state index < -0.39 is 0 Å². The highest BCUT2D eigenvalue weighted by Gasteiger charge is 2.23. The summed E-state index contributed by atoms with van der Waals surface area (Å²) in [4.78, 5) is 42.9. The van der Waals surface area contributed by atoms with Crippen molar-refractivity contribution in [3.8, 4) is 0 Å². The first-order chi connectivity index (χ1) is 23.1. The Morgan fingerprint density at radius 2 is 0.958 bits per heavy atom. The molecule has 254 valence electrons. The second-order valence-electron chi connectivity index (χ2n) is 13.1. The van der Waals surface area contributed by atoms with Crippen LogP contribution in [-0.2, 0) is 31.9 Å². The van der Waals surface area contributed by atoms with E-state index in [0.717, 1.165) is 130 Å². The third-order valence-corrected chi connectivity index (χ3v) is 9.96. The summed E-state index contributed by atoms with van der Waals surface area (Å²) in [5.74, 6) is -0.585. The van der Waals surface area contributed by atoms with Crippen molar-refractivity contribution in [3.05, 3.63) is 69.3 Å². The summed E-state index contributed by atoms with van der Waals surface area (Å²) in [6.07, 6.45) is 8.84. The SMILES string of the molecule is CCCCCc1c(C)c2cc3nc(cc4[nH]c(cc5nc(cc1[nH]2)C(C)=C5CC(=O)OC)c(C)c4CCCCC)C(C)=C3CC(=O)OC. The van der Waals surface area contributed by atoms with Gasteiger partial charge in [0.1, 0.15) is 0 Å². The van der Waals surface area contributed by atoms with Gasteiger partial charge in [0.15, 0.2) is 0 Å². The molecule has 0 aromatic carbocycles. The maximum absolute atomic E-state index is 12.6. The smallest absolute Gasteiger partial charge is 0.310 e. The molecule has 2 aliphatic heterocycles. The molecule has 8 heteroatoms. The lowest BCUT2D eigenvalue weighted by Gasteiger charge is -2.04. The zero-order valence-corrected chi connectivity index (χ0v) is 29.9. The lowest BCUT2D eigenvalue weighted by atomic mass is 10.00. The van der Waals surface area contributed by atoms with E-state index in [1.54, 1.807) is 0 Å². The largest absolute Gasteiger partial charge is 0.469 e. The lowest BCUT2D eigenvalue weighted by Crippen LogP contribution is -2.01. The number of aromatic amines is 2. The van der Waals surface area contributed by atoms with Gasteiger partial charge in [0.05, 0.1) is 49.8 Å². The van der Waals surface area contributed by atoms with Crippen LogP contribution in [0.25, 0.3) is 44.4 Å². The first-order valence-electron chi connectivity index (χ1n) is 17.4. The number of hydrogen-bond donors (Lipinski definition) is 2. The molecule has 5 rings (SSSR count). The van der Waals surface area contributed by atoms with E-state index in [1.165, 1.54) is 25.3 Å². The second-order valence-corrected chi connectivity index (χ2v) is 13.1. The number of nitrogens with zero attached hydrogens (tertiary/aromatic N) is 2. The van der Waals surface area contributed by atoms with Crippen LogP contribution in [0.3, 0.4) is 0 Å². The van der Waals surface area contributed by atoms with Crippen LogP contribution in [0.1, 0.15) is 124 Å². The Morgan fingerprint density at radius 3 is 1.31 bits per heavy atom. The predicted octanol–water partition coefficient (Wildman–Crippen LogP) is 9.38. The first-order valence-corrected chi connectivity index (χ1v) is 17.4. The van der Waals surface area contributed by atoms with Crippen LogP contribution in [0.2, 0.25) is 0 Å². The Bertz CT molecular complexity index is 1820. The van der Waals surface area contributed by atoms with Gasteiger partial charge in [-0.2, -0.15) is 0 Å². The van der Waals surface area contributed by atoms with Gasteiger partial charge >= 0.3 is 11.9 Å². The minimum atomic E-state index is -0.293. The molecule has 0 amide bonds. The molecule has 8 bridgehead atoms. The minimum absolute atomic E-state index is 0.144. The van der Waals surface area contributed by atoms with Gasteiger partial charge in [-0.3, -0.25) is 9.59 Å². The Kier molecular flexibility index (Phi) is 11.0. The number of fused-ring (bicyclic) bond motifs is 8. The number of rotatable bonds is 12. The Balaban J connectivity index is 1.90. The zero-order valence-electron chi connectivity index (χ0n) is 29.9. The summed E-state index contributed by atoms with van der Waals surface area (Å²) in [5, 5.41) is 0. The number of ether oxygens (including phenoxy) is 2. The fourth-order valence-electron chi connectivity index (χ4n) is 6.84. The van der Waals surface area contributed by atoms with E-state index in [-0.39, 0.29) is 24.8 Å². The van der Waals surface area contributed by atoms with Gasteiger partial charge in [-0.05, 0) is 122 Å². The highest BCUT2D eigenvalue weighted by molar-refractivity contribution is 6.00. The minimum Gasteiger partial charge on any atom is -0.469 e. The molecule has 48 heavy (non-hydrogen) atoms. The number of esters is 2. The van der Waals surface area contributed by atoms with Crippen molar-refractivity contribution in [1.82, 2.24) is 19.9 Å². The number of hydrogen-bond acceptors (Lipinski definition) is 6. The summed E-state index contributed by atoms with van der Waals surface area (Å²) in [6.45, 7) is 12.8. The van der Waals surface area contributed by atoms with E-state index in [2.05, 4.69) is 61.9 Å². The molecule has 0 fully saturated rings. The van der Waals surface area contributed by atoms with Crippen LogP contribution in [0.15, 0.2) is 24.3 Å². The molecule has 0 saturated carbocycles. The quantitative estimate of drug-likeness (QED) is 0.149. The third kappa shape index (κ3) is 7.18. The van der Waals surface area contributed by atoms with Gasteiger partial charge < -0.3 is 19.4 Å². The molecule has 0 spiro atoms. The van der Waals surface area contributed by atoms with Crippen LogP contribution in [-0.4, -0.2) is 46.1 Å². The number of allylic oxidation sites excluding steroid dienone is 2. The topological polar surface area (TPSA) is 110 Å². The molecule has 0 unspecified atom stereocenters. The van der Waals surface area contributed by atoms with Crippen molar-refractivity contribution in [1.29, 1.82) is 0 Å². The molecule has 0 atom stereocenters. The molecule has 0 saturated heterocycles. The zero-order chi connectivity index (χ0) is 34.5. The molecule has 0 aliphatic carbocycles. The van der Waals surface area contributed by atoms with Crippen molar-refractivity contribution < 1.29 is 19.1 Å². The van der Waals surface area contributed by atoms with E-state index in [0.29, 0.717) is 0 Å². The molecule has 3 aromatic rings. The normalized spacial score (nSPS) is 13.0. The van der Waals surface area contributed by atoms with Crippen molar-refractivity contribution in [2.24, 2.45) is 0 Å². The molecule has 0 radical (unpaired) electrons. The number of nitrogens with one attached hydrogen (secondary N) is 2. The van der Waals surface area contributed by atoms with Crippen LogP contribution in [0, 0.1) is 13.8 Å². The molecule has 8 nitrogen and oxygen atoms in total. The summed E-state index contributed by atoms with van der Waals surface area (Å²) in [5.41, 5.74) is 15.6. The molecule has 2 aliphatic rings. The number of aryl methyl sites for hydroxylation is 4. The van der Waals surface area contributed by atoms with Gasteiger partial charge in [-0.15, -0.1) is 0 Å². The number of carbonyl (C=O) groups is 2. The maximum Gasteiger partial charge on any atom is 0.310 e. The summed E-state index contributed by atoms with van der Waals surface area (Å²) >= 11 is 0. The average Bonchev–Trinajstić information content (AvgIpc) is 3.72. The number of H-pyrrole nitrogens is 2.